The molecule has 0 unspecified atom stereocenters. The number of ether oxygens (including phenoxy) is 1. The minimum Gasteiger partial charge on any atom is -0.491 e. The third kappa shape index (κ3) is 3.25. The molecule has 1 fully saturated rings. The predicted molar refractivity (Wildman–Crippen MR) is 83.1 cm³/mol. The molecule has 0 radical (unpaired) electrons. The van der Waals surface area contributed by atoms with Gasteiger partial charge >= 0.3 is 0 Å². The molecule has 0 aromatic carbocycles. The number of pyridine rings is 1. The van der Waals surface area contributed by atoms with Gasteiger partial charge in [0.1, 0.15) is 0 Å². The summed E-state index contributed by atoms with van der Waals surface area (Å²) in [5.41, 5.74) is 0.808. The lowest BCUT2D eigenvalue weighted by molar-refractivity contribution is 0.245. The first-order valence-electron chi connectivity index (χ1n) is 7.26. The van der Waals surface area contributed by atoms with E-state index < -0.39 is 0 Å². The number of hydrogen-bond acceptors (Lipinski definition) is 6. The van der Waals surface area contributed by atoms with Crippen LogP contribution in [0.4, 0.5) is 5.95 Å². The maximum absolute atomic E-state index is 11.8. The summed E-state index contributed by atoms with van der Waals surface area (Å²) < 4.78 is 4.98. The van der Waals surface area contributed by atoms with Crippen LogP contribution >= 0.6 is 0 Å². The van der Waals surface area contributed by atoms with Gasteiger partial charge in [0.25, 0.3) is 0 Å². The second-order valence-electron chi connectivity index (χ2n) is 5.20. The Morgan fingerprint density at radius 3 is 2.59 bits per heavy atom. The van der Waals surface area contributed by atoms with Crippen LogP contribution in [0, 0.1) is 0 Å². The molecule has 3 heterocycles. The maximum atomic E-state index is 11.8. The summed E-state index contributed by atoms with van der Waals surface area (Å²) in [4.78, 5) is 27.9. The van der Waals surface area contributed by atoms with E-state index in [1.54, 1.807) is 24.7 Å². The fourth-order valence-electron chi connectivity index (χ4n) is 2.55. The third-order valence-corrected chi connectivity index (χ3v) is 3.76. The van der Waals surface area contributed by atoms with Crippen LogP contribution in [0.15, 0.2) is 35.5 Å². The van der Waals surface area contributed by atoms with Gasteiger partial charge in [-0.3, -0.25) is 9.69 Å². The average molecular weight is 301 g/mol. The van der Waals surface area contributed by atoms with Crippen LogP contribution in [0.3, 0.4) is 0 Å². The van der Waals surface area contributed by atoms with Gasteiger partial charge in [-0.2, -0.15) is 0 Å². The molecule has 0 amide bonds. The van der Waals surface area contributed by atoms with E-state index >= 15 is 0 Å². The highest BCUT2D eigenvalue weighted by Gasteiger charge is 2.19. The first kappa shape index (κ1) is 14.5. The molecule has 0 aliphatic carbocycles. The number of aromatic nitrogens is 3. The second kappa shape index (κ2) is 6.57. The van der Waals surface area contributed by atoms with Crippen LogP contribution in [0.5, 0.6) is 5.75 Å². The monoisotopic (exact) mass is 301 g/mol. The van der Waals surface area contributed by atoms with Crippen LogP contribution in [-0.4, -0.2) is 53.1 Å². The summed E-state index contributed by atoms with van der Waals surface area (Å²) in [6.45, 7) is 4.30. The smallest absolute Gasteiger partial charge is 0.225 e. The lowest BCUT2D eigenvalue weighted by Gasteiger charge is -2.34. The van der Waals surface area contributed by atoms with Gasteiger partial charge in [0, 0.05) is 63.1 Å². The topological polar surface area (TPSA) is 74.3 Å². The van der Waals surface area contributed by atoms with E-state index in [1.807, 2.05) is 6.07 Å². The molecule has 1 N–H and O–H groups in total. The lowest BCUT2D eigenvalue weighted by atomic mass is 10.2. The lowest BCUT2D eigenvalue weighted by Crippen LogP contribution is -2.46. The third-order valence-electron chi connectivity index (χ3n) is 3.76. The van der Waals surface area contributed by atoms with Crippen LogP contribution in [-0.2, 0) is 6.54 Å². The van der Waals surface area contributed by atoms with Crippen LogP contribution < -0.4 is 15.1 Å². The zero-order valence-electron chi connectivity index (χ0n) is 12.5. The molecule has 22 heavy (non-hydrogen) atoms. The summed E-state index contributed by atoms with van der Waals surface area (Å²) in [6.07, 6.45) is 5.14. The van der Waals surface area contributed by atoms with E-state index in [1.165, 1.54) is 7.11 Å². The van der Waals surface area contributed by atoms with Crippen molar-refractivity contribution in [1.29, 1.82) is 0 Å². The number of rotatable bonds is 4. The molecular weight excluding hydrogens is 282 g/mol. The molecular formula is C15H19N5O2. The van der Waals surface area contributed by atoms with Crippen molar-refractivity contribution in [1.82, 2.24) is 19.9 Å². The maximum Gasteiger partial charge on any atom is 0.225 e. The number of piperazine rings is 1. The number of anilines is 1. The van der Waals surface area contributed by atoms with Gasteiger partial charge in [-0.15, -0.1) is 0 Å². The summed E-state index contributed by atoms with van der Waals surface area (Å²) in [6, 6.07) is 3.42. The Morgan fingerprint density at radius 2 is 1.95 bits per heavy atom. The Labute approximate surface area is 128 Å². The first-order valence-corrected chi connectivity index (χ1v) is 7.26. The normalized spacial score (nSPS) is 15.8. The quantitative estimate of drug-likeness (QED) is 0.886. The van der Waals surface area contributed by atoms with Crippen molar-refractivity contribution in [2.75, 3.05) is 38.2 Å². The van der Waals surface area contributed by atoms with Crippen LogP contribution in [0.2, 0.25) is 0 Å². The molecule has 1 saturated heterocycles. The van der Waals surface area contributed by atoms with Gasteiger partial charge in [-0.1, -0.05) is 0 Å². The van der Waals surface area contributed by atoms with Gasteiger partial charge < -0.3 is 14.6 Å². The molecule has 0 saturated carbocycles. The molecule has 0 atom stereocenters. The van der Waals surface area contributed by atoms with Gasteiger partial charge in [0.05, 0.1) is 7.11 Å². The Kier molecular flexibility index (Phi) is 4.34. The number of methoxy groups -OCH3 is 1. The van der Waals surface area contributed by atoms with E-state index in [2.05, 4.69) is 24.8 Å². The SMILES string of the molecule is COc1c[nH]c(CN2CCN(c3ncccn3)CC2)cc1=O. The highest BCUT2D eigenvalue weighted by Crippen LogP contribution is 2.11. The molecule has 2 aromatic heterocycles. The largest absolute Gasteiger partial charge is 0.491 e. The fourth-order valence-corrected chi connectivity index (χ4v) is 2.55. The number of nitrogens with zero attached hydrogens (tertiary/aromatic N) is 4. The molecule has 1 aliphatic rings. The van der Waals surface area contributed by atoms with E-state index in [9.17, 15) is 4.79 Å². The van der Waals surface area contributed by atoms with Gasteiger partial charge in [-0.05, 0) is 6.07 Å². The van der Waals surface area contributed by atoms with Crippen molar-refractivity contribution >= 4 is 5.95 Å². The highest BCUT2D eigenvalue weighted by molar-refractivity contribution is 5.29. The molecule has 1 aliphatic heterocycles. The van der Waals surface area contributed by atoms with Crippen LogP contribution in [0.25, 0.3) is 0 Å². The molecule has 7 heteroatoms. The number of aromatic amines is 1. The average Bonchev–Trinajstić information content (AvgIpc) is 2.57. The Hall–Kier alpha value is -2.41. The molecule has 0 bridgehead atoms. The van der Waals surface area contributed by atoms with Gasteiger partial charge in [0.2, 0.25) is 11.4 Å². The zero-order valence-corrected chi connectivity index (χ0v) is 12.5. The van der Waals surface area contributed by atoms with E-state index in [0.717, 1.165) is 44.4 Å². The molecule has 116 valence electrons. The second-order valence-corrected chi connectivity index (χ2v) is 5.20. The van der Waals surface area contributed by atoms with Gasteiger partial charge in [0.15, 0.2) is 5.75 Å². The zero-order chi connectivity index (χ0) is 15.4. The van der Waals surface area contributed by atoms with Crippen molar-refractivity contribution in [3.05, 3.63) is 46.6 Å². The van der Waals surface area contributed by atoms with Crippen molar-refractivity contribution in [3.63, 3.8) is 0 Å². The standard InChI is InChI=1S/C15H19N5O2/c1-22-14-10-18-12(9-13(14)21)11-19-5-7-20(8-6-19)15-16-3-2-4-17-15/h2-4,9-10H,5-8,11H2,1H3,(H,18,21). The summed E-state index contributed by atoms with van der Waals surface area (Å²) in [7, 11) is 1.50. The Bertz CT molecular complexity index is 665. The number of nitrogens with one attached hydrogen (secondary N) is 1. The minimum absolute atomic E-state index is 0.0902. The molecule has 0 spiro atoms. The van der Waals surface area contributed by atoms with Crippen molar-refractivity contribution < 1.29 is 4.74 Å². The Balaban J connectivity index is 1.58. The summed E-state index contributed by atoms with van der Waals surface area (Å²) >= 11 is 0. The van der Waals surface area contributed by atoms with E-state index in [4.69, 9.17) is 4.74 Å². The van der Waals surface area contributed by atoms with Crippen LogP contribution in [0.1, 0.15) is 5.69 Å². The van der Waals surface area contributed by atoms with Crippen molar-refractivity contribution in [2.24, 2.45) is 0 Å². The van der Waals surface area contributed by atoms with E-state index in [0.29, 0.717) is 5.75 Å². The highest BCUT2D eigenvalue weighted by atomic mass is 16.5. The summed E-state index contributed by atoms with van der Waals surface area (Å²) in [5.74, 6) is 1.12. The number of H-pyrrole nitrogens is 1. The predicted octanol–water partition coefficient (Wildman–Crippen LogP) is 0.496. The van der Waals surface area contributed by atoms with Crippen molar-refractivity contribution in [3.8, 4) is 5.75 Å². The molecule has 7 nitrogen and oxygen atoms in total. The molecule has 2 aromatic rings. The van der Waals surface area contributed by atoms with E-state index in [-0.39, 0.29) is 5.43 Å². The minimum atomic E-state index is -0.0902. The first-order chi connectivity index (χ1) is 10.8. The fraction of sp³-hybridized carbons (Fsp3) is 0.400. The summed E-state index contributed by atoms with van der Waals surface area (Å²) in [5, 5.41) is 0. The number of hydrogen-bond donors (Lipinski definition) is 1. The molecule has 3 rings (SSSR count). The Morgan fingerprint density at radius 1 is 1.23 bits per heavy atom. The van der Waals surface area contributed by atoms with Gasteiger partial charge in [-0.25, -0.2) is 9.97 Å². The van der Waals surface area contributed by atoms with Crippen molar-refractivity contribution in [2.45, 2.75) is 6.54 Å².